The van der Waals surface area contributed by atoms with E-state index in [1.165, 1.54) is 9.80 Å². The number of aromatic amines is 1. The van der Waals surface area contributed by atoms with Gasteiger partial charge in [0.2, 0.25) is 11.8 Å². The fourth-order valence-electron chi connectivity index (χ4n) is 9.50. The Labute approximate surface area is 376 Å². The zero-order valence-electron chi connectivity index (χ0n) is 36.2. The third-order valence-corrected chi connectivity index (χ3v) is 13.3. The molecule has 0 aliphatic carbocycles. The van der Waals surface area contributed by atoms with Crippen molar-refractivity contribution >= 4 is 63.2 Å². The predicted octanol–water partition coefficient (Wildman–Crippen LogP) is 7.19. The molecule has 6 heterocycles. The first kappa shape index (κ1) is 43.1. The molecular formula is C48H53ClFN9O5. The van der Waals surface area contributed by atoms with Gasteiger partial charge in [-0.05, 0) is 91.3 Å². The van der Waals surface area contributed by atoms with E-state index in [0.717, 1.165) is 74.2 Å². The van der Waals surface area contributed by atoms with Crippen molar-refractivity contribution in [1.29, 1.82) is 0 Å². The molecule has 16 heteroatoms. The molecule has 2 N–H and O–H groups in total. The highest BCUT2D eigenvalue weighted by Gasteiger charge is 2.31. The summed E-state index contributed by atoms with van der Waals surface area (Å²) in [7, 11) is 3.35. The fourth-order valence-corrected chi connectivity index (χ4v) is 9.72. The number of urea groups is 1. The monoisotopic (exact) mass is 889 g/mol. The first-order chi connectivity index (χ1) is 31.0. The summed E-state index contributed by atoms with van der Waals surface area (Å²) >= 11 is 6.45. The minimum atomic E-state index is -0.479. The number of H-pyrrole nitrogens is 1. The summed E-state index contributed by atoms with van der Waals surface area (Å²) < 4.78 is 24.8. The number of piperidine rings is 2. The normalized spacial score (nSPS) is 18.1. The van der Waals surface area contributed by atoms with E-state index in [9.17, 15) is 19.2 Å². The molecule has 0 unspecified atom stereocenters. The molecule has 3 saturated heterocycles. The lowest BCUT2D eigenvalue weighted by Crippen LogP contribution is -2.49. The highest BCUT2D eigenvalue weighted by atomic mass is 35.5. The van der Waals surface area contributed by atoms with Gasteiger partial charge in [0.25, 0.3) is 5.91 Å². The number of halogens is 2. The number of benzene rings is 3. The van der Waals surface area contributed by atoms with E-state index in [0.29, 0.717) is 71.6 Å². The molecule has 9 rings (SSSR count). The van der Waals surface area contributed by atoms with E-state index in [1.54, 1.807) is 48.1 Å². The number of amides is 5. The summed E-state index contributed by atoms with van der Waals surface area (Å²) in [4.78, 5) is 63.4. The number of anilines is 2. The molecule has 334 valence electrons. The van der Waals surface area contributed by atoms with Crippen LogP contribution in [0.1, 0.15) is 61.0 Å². The van der Waals surface area contributed by atoms with E-state index < -0.39 is 11.8 Å². The third-order valence-electron chi connectivity index (χ3n) is 13.0. The van der Waals surface area contributed by atoms with Crippen LogP contribution in [-0.2, 0) is 16.1 Å². The van der Waals surface area contributed by atoms with Crippen LogP contribution in [0.3, 0.4) is 0 Å². The van der Waals surface area contributed by atoms with Crippen molar-refractivity contribution in [3.63, 3.8) is 0 Å². The zero-order chi connectivity index (χ0) is 44.5. The van der Waals surface area contributed by atoms with E-state index in [2.05, 4.69) is 49.5 Å². The topological polar surface area (TPSA) is 139 Å². The summed E-state index contributed by atoms with van der Waals surface area (Å²) in [6, 6.07) is 19.2. The van der Waals surface area contributed by atoms with Crippen LogP contribution in [0.2, 0.25) is 5.02 Å². The van der Waals surface area contributed by atoms with Crippen LogP contribution in [0.5, 0.6) is 5.75 Å². The number of nitrogens with one attached hydrogen (secondary N) is 2. The molecular weight excluding hydrogens is 837 g/mol. The number of aromatic nitrogens is 3. The second-order valence-corrected chi connectivity index (χ2v) is 17.7. The van der Waals surface area contributed by atoms with Crippen LogP contribution in [0.4, 0.5) is 20.6 Å². The van der Waals surface area contributed by atoms with Gasteiger partial charge in [-0.2, -0.15) is 5.10 Å². The quantitative estimate of drug-likeness (QED) is 0.142. The maximum absolute atomic E-state index is 16.6. The van der Waals surface area contributed by atoms with Crippen LogP contribution in [0, 0.1) is 5.82 Å². The Kier molecular flexibility index (Phi) is 12.5. The summed E-state index contributed by atoms with van der Waals surface area (Å²) in [6.45, 7) is 5.33. The lowest BCUT2D eigenvalue weighted by molar-refractivity contribution is -0.131. The van der Waals surface area contributed by atoms with Crippen LogP contribution >= 0.6 is 11.6 Å². The third kappa shape index (κ3) is 9.09. The highest BCUT2D eigenvalue weighted by molar-refractivity contribution is 6.34. The Bertz CT molecular complexity index is 2580. The minimum absolute atomic E-state index is 0.00557. The van der Waals surface area contributed by atoms with Crippen molar-refractivity contribution < 1.29 is 28.3 Å². The van der Waals surface area contributed by atoms with Gasteiger partial charge in [-0.15, -0.1) is 0 Å². The lowest BCUT2D eigenvalue weighted by Gasteiger charge is -2.42. The smallest absolute Gasteiger partial charge is 0.328 e. The Morgan fingerprint density at radius 3 is 2.44 bits per heavy atom. The van der Waals surface area contributed by atoms with E-state index in [1.807, 2.05) is 30.5 Å². The lowest BCUT2D eigenvalue weighted by atomic mass is 9.93. The SMILES string of the molecule is CN(C)C(=O)c1cc2c(-c3ccc(N4CCC(N5CCC(Oc6ccc(Cl)c(N7CCC(=O)NC7=O)c6)CC5)CC4)cc3)cc(C3=CCCN(C(=O)CCn4cccn4)C3)c(F)c2[nH]1. The molecule has 4 aliphatic heterocycles. The molecule has 5 aromatic rings. The number of imide groups is 1. The second-order valence-electron chi connectivity index (χ2n) is 17.3. The van der Waals surface area contributed by atoms with Crippen molar-refractivity contribution in [2.45, 2.75) is 63.6 Å². The van der Waals surface area contributed by atoms with Crippen LogP contribution in [-0.4, -0.2) is 125 Å². The maximum Gasteiger partial charge on any atom is 0.328 e. The molecule has 3 fully saturated rings. The maximum atomic E-state index is 16.6. The number of carbonyl (C=O) groups is 4. The van der Waals surface area contributed by atoms with Crippen LogP contribution in [0.15, 0.2) is 79.1 Å². The summed E-state index contributed by atoms with van der Waals surface area (Å²) in [5, 5.41) is 7.62. The van der Waals surface area contributed by atoms with Crippen LogP contribution in [0.25, 0.3) is 27.6 Å². The van der Waals surface area contributed by atoms with Crippen molar-refractivity contribution in [2.24, 2.45) is 0 Å². The number of rotatable bonds is 11. The van der Waals surface area contributed by atoms with Gasteiger partial charge in [0, 0.05) is 120 Å². The molecule has 64 heavy (non-hydrogen) atoms. The number of carbonyl (C=O) groups excluding carboxylic acids is 4. The second kappa shape index (κ2) is 18.5. The van der Waals surface area contributed by atoms with Gasteiger partial charge in [-0.25, -0.2) is 9.18 Å². The Morgan fingerprint density at radius 1 is 0.938 bits per heavy atom. The number of nitrogens with zero attached hydrogens (tertiary/aromatic N) is 7. The van der Waals surface area contributed by atoms with Gasteiger partial charge in [0.05, 0.1) is 16.2 Å². The number of fused-ring (bicyclic) bond motifs is 1. The Hall–Kier alpha value is -6.19. The van der Waals surface area contributed by atoms with E-state index >= 15 is 4.39 Å². The van der Waals surface area contributed by atoms with Gasteiger partial charge in [0.15, 0.2) is 5.82 Å². The van der Waals surface area contributed by atoms with Gasteiger partial charge in [-0.3, -0.25) is 34.2 Å². The van der Waals surface area contributed by atoms with Gasteiger partial charge < -0.3 is 24.4 Å². The number of hydrogen-bond donors (Lipinski definition) is 2. The first-order valence-electron chi connectivity index (χ1n) is 22.2. The molecule has 0 radical (unpaired) electrons. The molecule has 4 aliphatic rings. The van der Waals surface area contributed by atoms with Crippen LogP contribution < -0.4 is 19.9 Å². The van der Waals surface area contributed by atoms with Gasteiger partial charge in [-0.1, -0.05) is 29.8 Å². The molecule has 3 aromatic carbocycles. The predicted molar refractivity (Wildman–Crippen MR) is 245 cm³/mol. The zero-order valence-corrected chi connectivity index (χ0v) is 37.0. The minimum Gasteiger partial charge on any atom is -0.490 e. The summed E-state index contributed by atoms with van der Waals surface area (Å²) in [6.07, 6.45) is 10.6. The van der Waals surface area contributed by atoms with Crippen molar-refractivity contribution in [3.05, 3.63) is 101 Å². The standard InChI is InChI=1S/C48H53ClFN9O5/c1-54(2)47(62)41-29-39-37(28-38(45(50)46(39)52-41)32-5-3-19-57(30-32)44(61)17-25-58-20-4-18-51-58)31-6-8-33(9-7-31)55-21-12-34(13-22-55)56-23-14-35(15-24-56)64-36-10-11-40(49)42(27-36)59-26-16-43(60)53-48(59)63/h4-11,18,20,27-29,34-35,52H,3,12-17,19,21-26,30H2,1-2H3,(H,53,60,63). The average Bonchev–Trinajstić information content (AvgIpc) is 4.01. The first-order valence-corrected chi connectivity index (χ1v) is 22.6. The number of ether oxygens (including phenoxy) is 1. The Morgan fingerprint density at radius 2 is 1.72 bits per heavy atom. The van der Waals surface area contributed by atoms with E-state index in [-0.39, 0.29) is 42.3 Å². The number of hydrogen-bond acceptors (Lipinski definition) is 8. The molecule has 14 nitrogen and oxygen atoms in total. The number of likely N-dealkylation sites (tertiary alicyclic amines) is 1. The van der Waals surface area contributed by atoms with Crippen molar-refractivity contribution in [2.75, 3.05) is 69.7 Å². The Balaban J connectivity index is 0.844. The largest absolute Gasteiger partial charge is 0.490 e. The molecule has 0 bridgehead atoms. The van der Waals surface area contributed by atoms with Gasteiger partial charge in [0.1, 0.15) is 17.5 Å². The van der Waals surface area contributed by atoms with Gasteiger partial charge >= 0.3 is 6.03 Å². The highest BCUT2D eigenvalue weighted by Crippen LogP contribution is 2.38. The molecule has 0 saturated carbocycles. The molecule has 2 aromatic heterocycles. The summed E-state index contributed by atoms with van der Waals surface area (Å²) in [5.41, 5.74) is 5.11. The molecule has 0 atom stereocenters. The fraction of sp³-hybridized carbons (Fsp3) is 0.396. The number of aryl methyl sites for hydroxylation is 1. The average molecular weight is 890 g/mol. The van der Waals surface area contributed by atoms with Crippen molar-refractivity contribution in [1.82, 2.24) is 34.8 Å². The molecule has 5 amide bonds. The molecule has 0 spiro atoms. The van der Waals surface area contributed by atoms with Crippen molar-refractivity contribution in [3.8, 4) is 16.9 Å². The van der Waals surface area contributed by atoms with E-state index in [4.69, 9.17) is 16.3 Å². The summed E-state index contributed by atoms with van der Waals surface area (Å²) in [5.74, 6) is -0.328.